The van der Waals surface area contributed by atoms with Crippen molar-refractivity contribution in [3.8, 4) is 5.75 Å². The summed E-state index contributed by atoms with van der Waals surface area (Å²) in [5.41, 5.74) is 0. The Morgan fingerprint density at radius 1 is 1.45 bits per heavy atom. The van der Waals surface area contributed by atoms with Gasteiger partial charge in [0.15, 0.2) is 11.6 Å². The fourth-order valence-corrected chi connectivity index (χ4v) is 1.81. The first-order valence-corrected chi connectivity index (χ1v) is 6.14. The first kappa shape index (κ1) is 17.7. The molecule has 1 saturated heterocycles. The zero-order valence-electron chi connectivity index (χ0n) is 12.0. The third kappa shape index (κ3) is 4.87. The molecule has 0 atom stereocenters. The molecule has 6 heteroatoms. The molecule has 20 heavy (non-hydrogen) atoms. The van der Waals surface area contributed by atoms with Gasteiger partial charge in [-0.05, 0) is 0 Å². The minimum atomic E-state index is 0. The molecule has 0 bridgehead atoms. The zero-order chi connectivity index (χ0) is 13.5. The van der Waals surface area contributed by atoms with Gasteiger partial charge in [-0.15, -0.1) is 0 Å². The molecule has 0 N–H and O–H groups in total. The predicted molar refractivity (Wildman–Crippen MR) is 73.0 cm³/mol. The minimum absolute atomic E-state index is 0. The van der Waals surface area contributed by atoms with Crippen molar-refractivity contribution in [2.24, 2.45) is 0 Å². The van der Waals surface area contributed by atoms with Crippen LogP contribution in [0.4, 0.5) is 5.82 Å². The molecule has 1 aliphatic heterocycles. The number of ether oxygens (including phenoxy) is 2. The third-order valence-electron chi connectivity index (χ3n) is 2.75. The van der Waals surface area contributed by atoms with Crippen molar-refractivity contribution in [1.82, 2.24) is 9.97 Å². The van der Waals surface area contributed by atoms with E-state index in [-0.39, 0.29) is 51.4 Å². The number of allylic oxidation sites excluding steroid dienone is 3. The molecule has 0 amide bonds. The van der Waals surface area contributed by atoms with E-state index in [2.05, 4.69) is 14.9 Å². The minimum Gasteiger partial charge on any atom is -0.491 e. The normalized spacial score (nSPS) is 14.8. The Morgan fingerprint density at radius 3 is 2.85 bits per heavy atom. The second-order valence-electron chi connectivity index (χ2n) is 3.96. The van der Waals surface area contributed by atoms with E-state index in [4.69, 9.17) is 16.1 Å². The average molecular weight is 298 g/mol. The van der Waals surface area contributed by atoms with Crippen molar-refractivity contribution in [3.05, 3.63) is 43.2 Å². The van der Waals surface area contributed by atoms with Gasteiger partial charge in [-0.3, -0.25) is 11.6 Å². The summed E-state index contributed by atoms with van der Waals surface area (Å²) < 4.78 is 10.7. The summed E-state index contributed by atoms with van der Waals surface area (Å²) in [4.78, 5) is 10.9. The Labute approximate surface area is 162 Å². The van der Waals surface area contributed by atoms with E-state index in [1.807, 2.05) is 0 Å². The molecule has 102 valence electrons. The summed E-state index contributed by atoms with van der Waals surface area (Å²) in [7, 11) is 1.62. The standard InChI is InChI=1S/C14H17N3O2.K/c1-3-4-5-6-13-15-11-12(18-2)14(16-13)17-7-9-19-10-8-17;/h1,3-6,11H,7-10H2,2H3;/q-2;+1/b5-4-;. The molecular weight excluding hydrogens is 281 g/mol. The molecule has 1 fully saturated rings. The number of anilines is 1. The Morgan fingerprint density at radius 2 is 2.20 bits per heavy atom. The summed E-state index contributed by atoms with van der Waals surface area (Å²) in [6.45, 7) is 8.29. The maximum atomic E-state index is 5.34. The van der Waals surface area contributed by atoms with Crippen LogP contribution in [0.15, 0.2) is 24.4 Å². The summed E-state index contributed by atoms with van der Waals surface area (Å²) in [6, 6.07) is 0. The fraction of sp³-hybridized carbons (Fsp3) is 0.357. The van der Waals surface area contributed by atoms with Crippen molar-refractivity contribution >= 4 is 5.82 Å². The first-order chi connectivity index (χ1) is 9.35. The van der Waals surface area contributed by atoms with Gasteiger partial charge < -0.3 is 14.4 Å². The summed E-state index contributed by atoms with van der Waals surface area (Å²) >= 11 is 0. The van der Waals surface area contributed by atoms with Gasteiger partial charge in [0.1, 0.15) is 0 Å². The summed E-state index contributed by atoms with van der Waals surface area (Å²) in [5, 5.41) is 0. The monoisotopic (exact) mass is 298 g/mol. The van der Waals surface area contributed by atoms with Gasteiger partial charge in [0.25, 0.3) is 0 Å². The van der Waals surface area contributed by atoms with Crippen LogP contribution in [0, 0.1) is 13.0 Å². The van der Waals surface area contributed by atoms with Gasteiger partial charge in [0.2, 0.25) is 0 Å². The van der Waals surface area contributed by atoms with E-state index in [1.165, 1.54) is 6.08 Å². The molecule has 0 unspecified atom stereocenters. The van der Waals surface area contributed by atoms with Crippen LogP contribution in [0.2, 0.25) is 0 Å². The van der Waals surface area contributed by atoms with Crippen LogP contribution in [0.25, 0.3) is 0 Å². The molecule has 0 radical (unpaired) electrons. The number of hydrogen-bond donors (Lipinski definition) is 0. The van der Waals surface area contributed by atoms with Crippen molar-refractivity contribution in [2.75, 3.05) is 38.3 Å². The molecule has 1 aliphatic rings. The maximum absolute atomic E-state index is 5.34. The number of methoxy groups -OCH3 is 1. The SMILES string of the molecule is [CH-]=C/C=C\[CH-]c1ncc(OC)c(N2CCOCC2)n1.[K+]. The maximum Gasteiger partial charge on any atom is 1.00 e. The number of aromatic nitrogens is 2. The molecule has 2 rings (SSSR count). The first-order valence-electron chi connectivity index (χ1n) is 6.14. The van der Waals surface area contributed by atoms with Gasteiger partial charge in [-0.25, -0.2) is 23.2 Å². The molecule has 0 aliphatic carbocycles. The summed E-state index contributed by atoms with van der Waals surface area (Å²) in [6.07, 6.45) is 8.46. The smallest absolute Gasteiger partial charge is 0.491 e. The average Bonchev–Trinajstić information content (AvgIpc) is 2.48. The molecular formula is C14H17KN3O2-. The van der Waals surface area contributed by atoms with Crippen molar-refractivity contribution in [1.29, 1.82) is 0 Å². The van der Waals surface area contributed by atoms with E-state index in [0.29, 0.717) is 24.8 Å². The number of nitrogens with zero attached hydrogens (tertiary/aromatic N) is 3. The fourth-order valence-electron chi connectivity index (χ4n) is 1.81. The molecule has 0 aromatic carbocycles. The summed E-state index contributed by atoms with van der Waals surface area (Å²) in [5.74, 6) is 2.10. The van der Waals surface area contributed by atoms with Crippen LogP contribution in [0.1, 0.15) is 5.82 Å². The number of hydrogen-bond acceptors (Lipinski definition) is 5. The molecule has 0 saturated carbocycles. The molecule has 2 heterocycles. The van der Waals surface area contributed by atoms with Crippen molar-refractivity contribution in [2.45, 2.75) is 0 Å². The topological polar surface area (TPSA) is 47.5 Å². The van der Waals surface area contributed by atoms with Gasteiger partial charge in [-0.2, -0.15) is 6.42 Å². The van der Waals surface area contributed by atoms with Crippen LogP contribution >= 0.6 is 0 Å². The van der Waals surface area contributed by atoms with E-state index >= 15 is 0 Å². The van der Waals surface area contributed by atoms with Crippen LogP contribution in [0.3, 0.4) is 0 Å². The number of rotatable bonds is 5. The Bertz CT molecular complexity index is 460. The van der Waals surface area contributed by atoms with Gasteiger partial charge >= 0.3 is 51.4 Å². The van der Waals surface area contributed by atoms with Gasteiger partial charge in [0.05, 0.1) is 32.3 Å². The molecule has 5 nitrogen and oxygen atoms in total. The van der Waals surface area contributed by atoms with Crippen LogP contribution in [-0.2, 0) is 4.74 Å². The van der Waals surface area contributed by atoms with Crippen molar-refractivity contribution < 1.29 is 60.9 Å². The van der Waals surface area contributed by atoms with E-state index in [0.717, 1.165) is 18.9 Å². The third-order valence-corrected chi connectivity index (χ3v) is 2.75. The number of morpholine rings is 1. The Kier molecular flexibility index (Phi) is 8.43. The Balaban J connectivity index is 0.00000200. The Hall–Kier alpha value is -0.374. The van der Waals surface area contributed by atoms with E-state index < -0.39 is 0 Å². The van der Waals surface area contributed by atoms with Gasteiger partial charge in [0, 0.05) is 13.1 Å². The quantitative estimate of drug-likeness (QED) is 0.373. The van der Waals surface area contributed by atoms with Crippen LogP contribution < -0.4 is 61.0 Å². The largest absolute Gasteiger partial charge is 1.00 e. The second kappa shape index (κ2) is 9.54. The zero-order valence-corrected chi connectivity index (χ0v) is 15.1. The van der Waals surface area contributed by atoms with E-state index in [9.17, 15) is 0 Å². The van der Waals surface area contributed by atoms with E-state index in [1.54, 1.807) is 31.9 Å². The molecule has 1 aromatic heterocycles. The predicted octanol–water partition coefficient (Wildman–Crippen LogP) is -1.58. The van der Waals surface area contributed by atoms with Crippen LogP contribution in [-0.4, -0.2) is 43.4 Å². The molecule has 1 aromatic rings. The van der Waals surface area contributed by atoms with Gasteiger partial charge in [-0.1, -0.05) is 0 Å². The van der Waals surface area contributed by atoms with Crippen LogP contribution in [0.5, 0.6) is 5.75 Å². The second-order valence-corrected chi connectivity index (χ2v) is 3.96. The van der Waals surface area contributed by atoms with Crippen molar-refractivity contribution in [3.63, 3.8) is 0 Å². The molecule has 0 spiro atoms.